The Hall–Kier alpha value is -1.64. The fourth-order valence-electron chi connectivity index (χ4n) is 1.94. The summed E-state index contributed by atoms with van der Waals surface area (Å²) in [5.41, 5.74) is 3.54. The summed E-state index contributed by atoms with van der Waals surface area (Å²) >= 11 is 0. The molecule has 0 saturated carbocycles. The molecule has 3 nitrogen and oxygen atoms in total. The second kappa shape index (κ2) is 4.80. The molecule has 0 N–H and O–H groups in total. The van der Waals surface area contributed by atoms with Crippen molar-refractivity contribution in [1.82, 2.24) is 14.8 Å². The zero-order valence-electron chi connectivity index (χ0n) is 12.7. The Kier molecular flexibility index (Phi) is 3.48. The van der Waals surface area contributed by atoms with Crippen LogP contribution in [0.1, 0.15) is 57.5 Å². The van der Waals surface area contributed by atoms with Crippen molar-refractivity contribution in [2.45, 2.75) is 52.9 Å². The molecule has 0 saturated heterocycles. The molecule has 0 amide bonds. The highest BCUT2D eigenvalue weighted by atomic mass is 15.3. The third-order valence-corrected chi connectivity index (χ3v) is 3.21. The second-order valence-corrected chi connectivity index (χ2v) is 6.46. The minimum atomic E-state index is 0.0551. The molecule has 0 aliphatic rings. The molecule has 0 atom stereocenters. The second-order valence-electron chi connectivity index (χ2n) is 6.46. The summed E-state index contributed by atoms with van der Waals surface area (Å²) in [4.78, 5) is 4.49. The fourth-order valence-corrected chi connectivity index (χ4v) is 1.94. The first-order valence-electron chi connectivity index (χ1n) is 6.82. The van der Waals surface area contributed by atoms with Crippen molar-refractivity contribution in [2.24, 2.45) is 0 Å². The number of nitrogens with zero attached hydrogens (tertiary/aromatic N) is 3. The molecular formula is C16H23N3. The van der Waals surface area contributed by atoms with Gasteiger partial charge < -0.3 is 0 Å². The van der Waals surface area contributed by atoms with Gasteiger partial charge in [0.2, 0.25) is 0 Å². The normalized spacial score (nSPS) is 12.2. The lowest BCUT2D eigenvalue weighted by Gasteiger charge is -2.14. The van der Waals surface area contributed by atoms with Gasteiger partial charge in [0.15, 0.2) is 5.82 Å². The molecule has 2 aromatic rings. The summed E-state index contributed by atoms with van der Waals surface area (Å²) in [7, 11) is 0. The van der Waals surface area contributed by atoms with Crippen LogP contribution in [0, 0.1) is 6.92 Å². The molecule has 0 aliphatic carbocycles. The Morgan fingerprint density at radius 2 is 1.84 bits per heavy atom. The van der Waals surface area contributed by atoms with Crippen molar-refractivity contribution in [3.05, 3.63) is 41.3 Å². The van der Waals surface area contributed by atoms with Gasteiger partial charge >= 0.3 is 0 Å². The van der Waals surface area contributed by atoms with Gasteiger partial charge in [-0.05, 0) is 30.5 Å². The van der Waals surface area contributed by atoms with E-state index in [0.717, 1.165) is 17.1 Å². The fraction of sp³-hybridized carbons (Fsp3) is 0.500. The Bertz CT molecular complexity index is 557. The van der Waals surface area contributed by atoms with Crippen molar-refractivity contribution in [3.63, 3.8) is 0 Å². The highest BCUT2D eigenvalue weighted by Gasteiger charge is 2.21. The summed E-state index contributed by atoms with van der Waals surface area (Å²) < 4.78 is 1.98. The number of aryl methyl sites for hydroxylation is 1. The lowest BCUT2D eigenvalue weighted by molar-refractivity contribution is 0.558. The quantitative estimate of drug-likeness (QED) is 0.814. The molecular weight excluding hydrogens is 234 g/mol. The van der Waals surface area contributed by atoms with Gasteiger partial charge in [-0.2, -0.15) is 5.10 Å². The minimum Gasteiger partial charge on any atom is -0.237 e. The maximum atomic E-state index is 4.76. The van der Waals surface area contributed by atoms with Crippen LogP contribution < -0.4 is 0 Å². The molecule has 102 valence electrons. The Morgan fingerprint density at radius 1 is 1.16 bits per heavy atom. The molecule has 2 rings (SSSR count). The largest absolute Gasteiger partial charge is 0.237 e. The van der Waals surface area contributed by atoms with Gasteiger partial charge in [-0.3, -0.25) is 0 Å². The summed E-state index contributed by atoms with van der Waals surface area (Å²) in [5, 5.41) is 4.76. The lowest BCUT2D eigenvalue weighted by atomic mass is 9.92. The van der Waals surface area contributed by atoms with Crippen molar-refractivity contribution in [2.75, 3.05) is 0 Å². The monoisotopic (exact) mass is 257 g/mol. The standard InChI is InChI=1S/C16H23N3/c1-11(2)13-9-14(16(4,5)6)18-19(13)15-8-7-12(3)10-17-15/h7-11H,1-6H3. The first kappa shape index (κ1) is 13.8. The zero-order valence-corrected chi connectivity index (χ0v) is 12.7. The number of rotatable bonds is 2. The number of aromatic nitrogens is 3. The summed E-state index contributed by atoms with van der Waals surface area (Å²) in [6, 6.07) is 6.30. The van der Waals surface area contributed by atoms with E-state index >= 15 is 0 Å². The molecule has 0 aliphatic heterocycles. The van der Waals surface area contributed by atoms with Gasteiger partial charge in [0, 0.05) is 17.3 Å². The van der Waals surface area contributed by atoms with E-state index in [4.69, 9.17) is 5.10 Å². The van der Waals surface area contributed by atoms with Gasteiger partial charge in [0.25, 0.3) is 0 Å². The summed E-state index contributed by atoms with van der Waals surface area (Å²) in [5.74, 6) is 1.32. The van der Waals surface area contributed by atoms with Crippen LogP contribution in [0.4, 0.5) is 0 Å². The zero-order chi connectivity index (χ0) is 14.2. The van der Waals surface area contributed by atoms with E-state index in [-0.39, 0.29) is 5.41 Å². The highest BCUT2D eigenvalue weighted by Crippen LogP contribution is 2.26. The van der Waals surface area contributed by atoms with Crippen LogP contribution in [-0.4, -0.2) is 14.8 Å². The molecule has 0 aromatic carbocycles. The molecule has 3 heteroatoms. The Morgan fingerprint density at radius 3 is 2.32 bits per heavy atom. The average Bonchev–Trinajstić information content (AvgIpc) is 2.74. The molecule has 2 heterocycles. The SMILES string of the molecule is Cc1ccc(-n2nc(C(C)(C)C)cc2C(C)C)nc1. The number of pyridine rings is 1. The van der Waals surface area contributed by atoms with Gasteiger partial charge in [0.1, 0.15) is 0 Å². The molecule has 19 heavy (non-hydrogen) atoms. The van der Waals surface area contributed by atoms with Crippen LogP contribution in [0.3, 0.4) is 0 Å². The van der Waals surface area contributed by atoms with Crippen molar-refractivity contribution in [3.8, 4) is 5.82 Å². The van der Waals surface area contributed by atoms with E-state index in [1.54, 1.807) is 0 Å². The van der Waals surface area contributed by atoms with Crippen LogP contribution >= 0.6 is 0 Å². The third-order valence-electron chi connectivity index (χ3n) is 3.21. The van der Waals surface area contributed by atoms with Crippen LogP contribution in [0.25, 0.3) is 5.82 Å². The van der Waals surface area contributed by atoms with E-state index in [1.165, 1.54) is 5.69 Å². The van der Waals surface area contributed by atoms with Crippen LogP contribution in [0.15, 0.2) is 24.4 Å². The minimum absolute atomic E-state index is 0.0551. The third kappa shape index (κ3) is 2.86. The van der Waals surface area contributed by atoms with E-state index in [0.29, 0.717) is 5.92 Å². The van der Waals surface area contributed by atoms with E-state index in [2.05, 4.69) is 51.7 Å². The van der Waals surface area contributed by atoms with Crippen molar-refractivity contribution in [1.29, 1.82) is 0 Å². The summed E-state index contributed by atoms with van der Waals surface area (Å²) in [6.07, 6.45) is 1.89. The van der Waals surface area contributed by atoms with Gasteiger partial charge in [-0.1, -0.05) is 40.7 Å². The molecule has 0 spiro atoms. The Balaban J connectivity index is 2.55. The van der Waals surface area contributed by atoms with Crippen LogP contribution in [-0.2, 0) is 5.41 Å². The van der Waals surface area contributed by atoms with Crippen LogP contribution in [0.2, 0.25) is 0 Å². The van der Waals surface area contributed by atoms with Crippen LogP contribution in [0.5, 0.6) is 0 Å². The molecule has 0 fully saturated rings. The number of hydrogen-bond acceptors (Lipinski definition) is 2. The molecule has 0 radical (unpaired) electrons. The average molecular weight is 257 g/mol. The predicted molar refractivity (Wildman–Crippen MR) is 78.9 cm³/mol. The first-order valence-corrected chi connectivity index (χ1v) is 6.82. The number of hydrogen-bond donors (Lipinski definition) is 0. The topological polar surface area (TPSA) is 30.7 Å². The van der Waals surface area contributed by atoms with Gasteiger partial charge in [-0.15, -0.1) is 0 Å². The van der Waals surface area contributed by atoms with Crippen molar-refractivity contribution < 1.29 is 0 Å². The first-order chi connectivity index (χ1) is 8.79. The molecule has 0 bridgehead atoms. The van der Waals surface area contributed by atoms with Gasteiger partial charge in [-0.25, -0.2) is 9.67 Å². The predicted octanol–water partition coefficient (Wildman–Crippen LogP) is 4.00. The van der Waals surface area contributed by atoms with Gasteiger partial charge in [0.05, 0.1) is 5.69 Å². The van der Waals surface area contributed by atoms with E-state index in [9.17, 15) is 0 Å². The van der Waals surface area contributed by atoms with E-state index < -0.39 is 0 Å². The molecule has 2 aromatic heterocycles. The smallest absolute Gasteiger partial charge is 0.153 e. The maximum Gasteiger partial charge on any atom is 0.153 e. The van der Waals surface area contributed by atoms with E-state index in [1.807, 2.05) is 23.9 Å². The molecule has 0 unspecified atom stereocenters. The lowest BCUT2D eigenvalue weighted by Crippen LogP contribution is -2.13. The summed E-state index contributed by atoms with van der Waals surface area (Å²) in [6.45, 7) is 13.0. The maximum absolute atomic E-state index is 4.76. The highest BCUT2D eigenvalue weighted by molar-refractivity contribution is 5.31. The van der Waals surface area contributed by atoms with Crippen molar-refractivity contribution >= 4 is 0 Å². The Labute approximate surface area is 115 Å².